The zero-order valence-corrected chi connectivity index (χ0v) is 10.7. The van der Waals surface area contributed by atoms with Crippen molar-refractivity contribution in [3.05, 3.63) is 59.4 Å². The lowest BCUT2D eigenvalue weighted by Crippen LogP contribution is -2.03. The topological polar surface area (TPSA) is 37.3 Å². The average Bonchev–Trinajstić information content (AvgIpc) is 2.38. The number of carboxylic acids is 1. The number of aryl methyl sites for hydroxylation is 1. The van der Waals surface area contributed by atoms with Crippen molar-refractivity contribution < 1.29 is 14.3 Å². The molecule has 0 bridgehead atoms. The van der Waals surface area contributed by atoms with Gasteiger partial charge in [-0.25, -0.2) is 4.39 Å². The zero-order chi connectivity index (χ0) is 13.8. The van der Waals surface area contributed by atoms with Gasteiger partial charge in [0.2, 0.25) is 0 Å². The van der Waals surface area contributed by atoms with Gasteiger partial charge in [-0.05, 0) is 40.8 Å². The van der Waals surface area contributed by atoms with Gasteiger partial charge in [0.1, 0.15) is 5.82 Å². The van der Waals surface area contributed by atoms with Crippen LogP contribution in [0.25, 0.3) is 11.1 Å². The summed E-state index contributed by atoms with van der Waals surface area (Å²) in [5.74, 6) is -1.37. The van der Waals surface area contributed by atoms with Crippen LogP contribution in [0.15, 0.2) is 42.5 Å². The Morgan fingerprint density at radius 3 is 2.47 bits per heavy atom. The van der Waals surface area contributed by atoms with Gasteiger partial charge < -0.3 is 5.11 Å². The van der Waals surface area contributed by atoms with Crippen molar-refractivity contribution in [1.29, 1.82) is 0 Å². The number of benzene rings is 2. The molecular weight excluding hydrogens is 243 g/mol. The minimum atomic E-state index is -0.958. The molecule has 0 aliphatic rings. The summed E-state index contributed by atoms with van der Waals surface area (Å²) in [4.78, 5) is 10.9. The van der Waals surface area contributed by atoms with Crippen molar-refractivity contribution in [2.75, 3.05) is 0 Å². The smallest absolute Gasteiger partial charge is 0.307 e. The zero-order valence-electron chi connectivity index (χ0n) is 10.7. The third kappa shape index (κ3) is 2.99. The minimum absolute atomic E-state index is 0.175. The van der Waals surface area contributed by atoms with Crippen LogP contribution in [0, 0.1) is 5.82 Å². The maximum absolute atomic E-state index is 13.3. The van der Waals surface area contributed by atoms with E-state index in [4.69, 9.17) is 5.11 Å². The molecule has 2 aromatic carbocycles. The first kappa shape index (κ1) is 13.3. The fourth-order valence-corrected chi connectivity index (χ4v) is 2.23. The van der Waals surface area contributed by atoms with Crippen molar-refractivity contribution in [3.63, 3.8) is 0 Å². The van der Waals surface area contributed by atoms with Crippen LogP contribution >= 0.6 is 0 Å². The molecule has 0 aromatic heterocycles. The second kappa shape index (κ2) is 5.65. The van der Waals surface area contributed by atoms with Crippen LogP contribution in [-0.4, -0.2) is 11.1 Å². The van der Waals surface area contributed by atoms with Crippen molar-refractivity contribution >= 4 is 5.97 Å². The molecule has 3 heteroatoms. The molecule has 0 saturated carbocycles. The number of hydrogen-bond acceptors (Lipinski definition) is 1. The number of aliphatic carboxylic acids is 1. The van der Waals surface area contributed by atoms with Gasteiger partial charge in [0, 0.05) is 0 Å². The summed E-state index contributed by atoms with van der Waals surface area (Å²) in [5, 5.41) is 8.93. The molecule has 0 amide bonds. The van der Waals surface area contributed by atoms with E-state index in [0.29, 0.717) is 5.56 Å². The third-order valence-corrected chi connectivity index (χ3v) is 3.10. The number of rotatable bonds is 4. The Bertz CT molecular complexity index is 605. The molecule has 2 aromatic rings. The Morgan fingerprint density at radius 1 is 1.11 bits per heavy atom. The standard InChI is InChI=1S/C16H15FO2/c1-2-11-5-3-4-6-14(11)15-8-7-13(17)9-12(15)10-16(18)19/h3-9H,2,10H2,1H3,(H,18,19). The summed E-state index contributed by atoms with van der Waals surface area (Å²) in [7, 11) is 0. The molecule has 0 unspecified atom stereocenters. The van der Waals surface area contributed by atoms with Gasteiger partial charge in [0.05, 0.1) is 6.42 Å². The van der Waals surface area contributed by atoms with Gasteiger partial charge >= 0.3 is 5.97 Å². The van der Waals surface area contributed by atoms with Gasteiger partial charge in [-0.15, -0.1) is 0 Å². The highest BCUT2D eigenvalue weighted by atomic mass is 19.1. The predicted octanol–water partition coefficient (Wildman–Crippen LogP) is 3.68. The van der Waals surface area contributed by atoms with Crippen molar-refractivity contribution in [2.24, 2.45) is 0 Å². The summed E-state index contributed by atoms with van der Waals surface area (Å²) in [6, 6.07) is 12.1. The first-order chi connectivity index (χ1) is 9.11. The van der Waals surface area contributed by atoms with E-state index in [1.807, 2.05) is 31.2 Å². The number of hydrogen-bond donors (Lipinski definition) is 1. The van der Waals surface area contributed by atoms with E-state index in [9.17, 15) is 9.18 Å². The number of carbonyl (C=O) groups is 1. The summed E-state index contributed by atoms with van der Waals surface area (Å²) in [6.45, 7) is 2.04. The second-order valence-electron chi connectivity index (χ2n) is 4.38. The lowest BCUT2D eigenvalue weighted by molar-refractivity contribution is -0.136. The number of halogens is 1. The second-order valence-corrected chi connectivity index (χ2v) is 4.38. The Balaban J connectivity index is 2.57. The molecule has 1 N–H and O–H groups in total. The van der Waals surface area contributed by atoms with Gasteiger partial charge in [-0.3, -0.25) is 4.79 Å². The summed E-state index contributed by atoms with van der Waals surface area (Å²) < 4.78 is 13.3. The molecule has 0 aliphatic carbocycles. The van der Waals surface area contributed by atoms with E-state index in [-0.39, 0.29) is 6.42 Å². The first-order valence-corrected chi connectivity index (χ1v) is 6.20. The summed E-state index contributed by atoms with van der Waals surface area (Å²) in [6.07, 6.45) is 0.672. The molecule has 0 fully saturated rings. The third-order valence-electron chi connectivity index (χ3n) is 3.10. The molecular formula is C16H15FO2. The van der Waals surface area contributed by atoms with Crippen molar-refractivity contribution in [3.8, 4) is 11.1 Å². The minimum Gasteiger partial charge on any atom is -0.481 e. The van der Waals surface area contributed by atoms with Crippen LogP contribution in [0.2, 0.25) is 0 Å². The normalized spacial score (nSPS) is 10.4. The number of carboxylic acid groups (broad SMARTS) is 1. The van der Waals surface area contributed by atoms with E-state index in [1.165, 1.54) is 12.1 Å². The fourth-order valence-electron chi connectivity index (χ4n) is 2.23. The molecule has 98 valence electrons. The van der Waals surface area contributed by atoms with Crippen LogP contribution in [0.3, 0.4) is 0 Å². The van der Waals surface area contributed by atoms with E-state index in [1.54, 1.807) is 6.07 Å². The molecule has 0 radical (unpaired) electrons. The summed E-state index contributed by atoms with van der Waals surface area (Å²) in [5.41, 5.74) is 3.40. The maximum atomic E-state index is 13.3. The lowest BCUT2D eigenvalue weighted by atomic mass is 9.93. The molecule has 2 rings (SSSR count). The average molecular weight is 258 g/mol. The van der Waals surface area contributed by atoms with Gasteiger partial charge in [0.15, 0.2) is 0 Å². The first-order valence-electron chi connectivity index (χ1n) is 6.20. The summed E-state index contributed by atoms with van der Waals surface area (Å²) >= 11 is 0. The molecule has 0 aliphatic heterocycles. The van der Waals surface area contributed by atoms with Gasteiger partial charge in [0.25, 0.3) is 0 Å². The highest BCUT2D eigenvalue weighted by Crippen LogP contribution is 2.28. The predicted molar refractivity (Wildman–Crippen MR) is 72.6 cm³/mol. The van der Waals surface area contributed by atoms with Crippen molar-refractivity contribution in [1.82, 2.24) is 0 Å². The fraction of sp³-hybridized carbons (Fsp3) is 0.188. The molecule has 0 saturated heterocycles. The molecule has 19 heavy (non-hydrogen) atoms. The van der Waals surface area contributed by atoms with Crippen molar-refractivity contribution in [2.45, 2.75) is 19.8 Å². The van der Waals surface area contributed by atoms with Gasteiger partial charge in [-0.1, -0.05) is 37.3 Å². The Hall–Kier alpha value is -2.16. The molecule has 0 atom stereocenters. The Kier molecular flexibility index (Phi) is 3.95. The van der Waals surface area contributed by atoms with E-state index in [0.717, 1.165) is 23.1 Å². The Labute approximate surface area is 111 Å². The quantitative estimate of drug-likeness (QED) is 0.908. The van der Waals surface area contributed by atoms with E-state index < -0.39 is 11.8 Å². The monoisotopic (exact) mass is 258 g/mol. The highest BCUT2D eigenvalue weighted by Gasteiger charge is 2.12. The maximum Gasteiger partial charge on any atom is 0.307 e. The lowest BCUT2D eigenvalue weighted by Gasteiger charge is -2.12. The Morgan fingerprint density at radius 2 is 1.79 bits per heavy atom. The SMILES string of the molecule is CCc1ccccc1-c1ccc(F)cc1CC(=O)O. The molecule has 0 spiro atoms. The van der Waals surface area contributed by atoms with Crippen LogP contribution in [0.5, 0.6) is 0 Å². The van der Waals surface area contributed by atoms with Gasteiger partial charge in [-0.2, -0.15) is 0 Å². The van der Waals surface area contributed by atoms with Crippen LogP contribution in [0.1, 0.15) is 18.1 Å². The molecule has 0 heterocycles. The molecule has 2 nitrogen and oxygen atoms in total. The van der Waals surface area contributed by atoms with Crippen LogP contribution in [0.4, 0.5) is 4.39 Å². The van der Waals surface area contributed by atoms with E-state index in [2.05, 4.69) is 0 Å². The van der Waals surface area contributed by atoms with E-state index >= 15 is 0 Å². The van der Waals surface area contributed by atoms with Crippen LogP contribution in [-0.2, 0) is 17.6 Å². The van der Waals surface area contributed by atoms with Crippen LogP contribution < -0.4 is 0 Å². The highest BCUT2D eigenvalue weighted by molar-refractivity contribution is 5.77. The largest absolute Gasteiger partial charge is 0.481 e.